The van der Waals surface area contributed by atoms with Crippen molar-refractivity contribution in [3.8, 4) is 0 Å². The molecule has 2 unspecified atom stereocenters. The van der Waals surface area contributed by atoms with Crippen molar-refractivity contribution in [1.29, 1.82) is 0 Å². The Hall–Kier alpha value is -1.60. The Morgan fingerprint density at radius 2 is 1.65 bits per heavy atom. The van der Waals surface area contributed by atoms with Crippen molar-refractivity contribution in [2.45, 2.75) is 18.4 Å². The van der Waals surface area contributed by atoms with E-state index in [2.05, 4.69) is 54.6 Å². The molecule has 2 atom stereocenters. The summed E-state index contributed by atoms with van der Waals surface area (Å²) in [5, 5.41) is 0. The van der Waals surface area contributed by atoms with E-state index in [1.54, 1.807) is 0 Å². The molecule has 0 saturated heterocycles. The van der Waals surface area contributed by atoms with Gasteiger partial charge in [0.05, 0.1) is 6.10 Å². The Morgan fingerprint density at radius 1 is 0.941 bits per heavy atom. The van der Waals surface area contributed by atoms with Crippen LogP contribution in [-0.2, 0) is 11.2 Å². The normalized spacial score (nSPS) is 22.4. The van der Waals surface area contributed by atoms with Crippen molar-refractivity contribution in [2.75, 3.05) is 7.11 Å². The number of hydrogen-bond donors (Lipinski definition) is 0. The molecule has 1 heteroatoms. The van der Waals surface area contributed by atoms with E-state index in [4.69, 9.17) is 4.74 Å². The molecule has 0 spiro atoms. The Labute approximate surface area is 102 Å². The topological polar surface area (TPSA) is 9.23 Å². The Kier molecular flexibility index (Phi) is 2.69. The van der Waals surface area contributed by atoms with Crippen LogP contribution >= 0.6 is 0 Å². The summed E-state index contributed by atoms with van der Waals surface area (Å²) in [6.07, 6.45) is 1.28. The summed E-state index contributed by atoms with van der Waals surface area (Å²) in [6.45, 7) is 0. The molecule has 3 rings (SSSR count). The van der Waals surface area contributed by atoms with Crippen molar-refractivity contribution in [3.05, 3.63) is 71.3 Å². The van der Waals surface area contributed by atoms with Gasteiger partial charge in [0.2, 0.25) is 0 Å². The second-order valence-corrected chi connectivity index (χ2v) is 4.58. The van der Waals surface area contributed by atoms with Gasteiger partial charge in [-0.2, -0.15) is 0 Å². The molecule has 0 aromatic heterocycles. The van der Waals surface area contributed by atoms with E-state index in [0.29, 0.717) is 5.92 Å². The number of ether oxygens (including phenoxy) is 1. The molecule has 1 aliphatic rings. The van der Waals surface area contributed by atoms with E-state index in [-0.39, 0.29) is 6.10 Å². The predicted octanol–water partition coefficient (Wildman–Crippen LogP) is 3.71. The zero-order valence-electron chi connectivity index (χ0n) is 9.97. The van der Waals surface area contributed by atoms with Crippen molar-refractivity contribution in [1.82, 2.24) is 0 Å². The maximum absolute atomic E-state index is 5.70. The number of benzene rings is 2. The summed E-state index contributed by atoms with van der Waals surface area (Å²) < 4.78 is 5.70. The van der Waals surface area contributed by atoms with Crippen LogP contribution in [0, 0.1) is 0 Å². The highest BCUT2D eigenvalue weighted by Gasteiger charge is 2.32. The number of rotatable bonds is 2. The van der Waals surface area contributed by atoms with Gasteiger partial charge in [-0.15, -0.1) is 0 Å². The zero-order chi connectivity index (χ0) is 11.7. The first-order chi connectivity index (χ1) is 8.40. The van der Waals surface area contributed by atoms with Gasteiger partial charge in [-0.25, -0.2) is 0 Å². The van der Waals surface area contributed by atoms with Crippen LogP contribution in [0.5, 0.6) is 0 Å². The second kappa shape index (κ2) is 4.34. The lowest BCUT2D eigenvalue weighted by molar-refractivity contribution is 0.0885. The molecule has 0 radical (unpaired) electrons. The SMILES string of the molecule is COC1c2ccccc2CC1c1ccccc1. The van der Waals surface area contributed by atoms with Crippen LogP contribution in [-0.4, -0.2) is 7.11 Å². The lowest BCUT2D eigenvalue weighted by Gasteiger charge is -2.19. The van der Waals surface area contributed by atoms with E-state index >= 15 is 0 Å². The fourth-order valence-corrected chi connectivity index (χ4v) is 2.84. The largest absolute Gasteiger partial charge is 0.376 e. The van der Waals surface area contributed by atoms with E-state index in [0.717, 1.165) is 6.42 Å². The third-order valence-corrected chi connectivity index (χ3v) is 3.65. The third-order valence-electron chi connectivity index (χ3n) is 3.65. The van der Waals surface area contributed by atoms with Gasteiger partial charge in [-0.05, 0) is 23.1 Å². The first kappa shape index (κ1) is 10.5. The van der Waals surface area contributed by atoms with Crippen molar-refractivity contribution >= 4 is 0 Å². The molecule has 86 valence electrons. The quantitative estimate of drug-likeness (QED) is 0.755. The van der Waals surface area contributed by atoms with Crippen molar-refractivity contribution < 1.29 is 4.74 Å². The Balaban J connectivity index is 2.00. The minimum Gasteiger partial charge on any atom is -0.376 e. The summed E-state index contributed by atoms with van der Waals surface area (Å²) >= 11 is 0. The third kappa shape index (κ3) is 1.77. The van der Waals surface area contributed by atoms with Gasteiger partial charge < -0.3 is 4.74 Å². The first-order valence-corrected chi connectivity index (χ1v) is 6.05. The van der Waals surface area contributed by atoms with Gasteiger partial charge in [0.25, 0.3) is 0 Å². The molecule has 0 saturated carbocycles. The molecular weight excluding hydrogens is 208 g/mol. The van der Waals surface area contributed by atoms with Gasteiger partial charge >= 0.3 is 0 Å². The Bertz CT molecular complexity index is 504. The minimum absolute atomic E-state index is 0.202. The molecule has 1 nitrogen and oxygen atoms in total. The van der Waals surface area contributed by atoms with Crippen LogP contribution in [0.25, 0.3) is 0 Å². The van der Waals surface area contributed by atoms with Crippen molar-refractivity contribution in [2.24, 2.45) is 0 Å². The van der Waals surface area contributed by atoms with E-state index in [1.807, 2.05) is 7.11 Å². The summed E-state index contributed by atoms with van der Waals surface area (Å²) in [5.41, 5.74) is 4.15. The van der Waals surface area contributed by atoms with Crippen LogP contribution < -0.4 is 0 Å². The average Bonchev–Trinajstić information content (AvgIpc) is 2.78. The van der Waals surface area contributed by atoms with Gasteiger partial charge in [0.15, 0.2) is 0 Å². The molecule has 17 heavy (non-hydrogen) atoms. The lowest BCUT2D eigenvalue weighted by atomic mass is 9.94. The van der Waals surface area contributed by atoms with Crippen LogP contribution in [0.15, 0.2) is 54.6 Å². The van der Waals surface area contributed by atoms with E-state index in [9.17, 15) is 0 Å². The lowest BCUT2D eigenvalue weighted by Crippen LogP contribution is -2.07. The Morgan fingerprint density at radius 3 is 2.41 bits per heavy atom. The highest BCUT2D eigenvalue weighted by atomic mass is 16.5. The number of methoxy groups -OCH3 is 1. The van der Waals surface area contributed by atoms with Gasteiger partial charge in [0, 0.05) is 13.0 Å². The standard InChI is InChI=1S/C16H16O/c1-17-16-14-10-6-5-9-13(14)11-15(16)12-7-3-2-4-8-12/h2-10,15-16H,11H2,1H3. The predicted molar refractivity (Wildman–Crippen MR) is 69.1 cm³/mol. The van der Waals surface area contributed by atoms with E-state index < -0.39 is 0 Å². The van der Waals surface area contributed by atoms with Gasteiger partial charge in [0.1, 0.15) is 0 Å². The number of hydrogen-bond acceptors (Lipinski definition) is 1. The molecule has 0 fully saturated rings. The molecular formula is C16H16O. The maximum Gasteiger partial charge on any atom is 0.0895 e. The number of fused-ring (bicyclic) bond motifs is 1. The highest BCUT2D eigenvalue weighted by molar-refractivity contribution is 5.40. The molecule has 0 N–H and O–H groups in total. The average molecular weight is 224 g/mol. The molecule has 0 aliphatic heterocycles. The monoisotopic (exact) mass is 224 g/mol. The van der Waals surface area contributed by atoms with E-state index in [1.165, 1.54) is 16.7 Å². The minimum atomic E-state index is 0.202. The molecule has 0 amide bonds. The molecule has 0 bridgehead atoms. The summed E-state index contributed by atoms with van der Waals surface area (Å²) in [5.74, 6) is 0.457. The highest BCUT2D eigenvalue weighted by Crippen LogP contribution is 2.44. The molecule has 2 aromatic rings. The second-order valence-electron chi connectivity index (χ2n) is 4.58. The van der Waals surface area contributed by atoms with Crippen molar-refractivity contribution in [3.63, 3.8) is 0 Å². The molecule has 2 aromatic carbocycles. The fraction of sp³-hybridized carbons (Fsp3) is 0.250. The van der Waals surface area contributed by atoms with Crippen LogP contribution in [0.2, 0.25) is 0 Å². The summed E-state index contributed by atoms with van der Waals surface area (Å²) in [4.78, 5) is 0. The van der Waals surface area contributed by atoms with Gasteiger partial charge in [-0.3, -0.25) is 0 Å². The van der Waals surface area contributed by atoms with Crippen LogP contribution in [0.4, 0.5) is 0 Å². The molecule has 0 heterocycles. The first-order valence-electron chi connectivity index (χ1n) is 6.05. The zero-order valence-corrected chi connectivity index (χ0v) is 9.97. The molecule has 1 aliphatic carbocycles. The van der Waals surface area contributed by atoms with Crippen LogP contribution in [0.3, 0.4) is 0 Å². The summed E-state index contributed by atoms with van der Waals surface area (Å²) in [7, 11) is 1.81. The van der Waals surface area contributed by atoms with Gasteiger partial charge in [-0.1, -0.05) is 54.6 Å². The van der Waals surface area contributed by atoms with Crippen LogP contribution in [0.1, 0.15) is 28.7 Å². The fourth-order valence-electron chi connectivity index (χ4n) is 2.84. The summed E-state index contributed by atoms with van der Waals surface area (Å²) in [6, 6.07) is 19.3. The smallest absolute Gasteiger partial charge is 0.0895 e. The maximum atomic E-state index is 5.70.